The van der Waals surface area contributed by atoms with Gasteiger partial charge in [0, 0.05) is 18.5 Å². The second kappa shape index (κ2) is 4.12. The van der Waals surface area contributed by atoms with Crippen molar-refractivity contribution in [1.82, 2.24) is 4.90 Å². The van der Waals surface area contributed by atoms with Crippen molar-refractivity contribution in [1.29, 1.82) is 0 Å². The molecular formula is C11H21NO. The van der Waals surface area contributed by atoms with Crippen molar-refractivity contribution in [3.8, 4) is 0 Å². The molecule has 1 heterocycles. The van der Waals surface area contributed by atoms with E-state index in [4.69, 9.17) is 0 Å². The Balaban J connectivity index is 2.58. The molecule has 0 bridgehead atoms. The van der Waals surface area contributed by atoms with Crippen LogP contribution in [0.25, 0.3) is 0 Å². The standard InChI is InChI=1S/C11H21NO/c1-5-8(2)11(13)12-7-6-9(3)10(12)4/h8-10H,5-7H2,1-4H3. The molecule has 2 nitrogen and oxygen atoms in total. The van der Waals surface area contributed by atoms with E-state index in [-0.39, 0.29) is 5.92 Å². The van der Waals surface area contributed by atoms with E-state index in [0.717, 1.165) is 13.0 Å². The lowest BCUT2D eigenvalue weighted by Gasteiger charge is -2.26. The molecule has 3 atom stereocenters. The molecule has 1 fully saturated rings. The molecule has 0 N–H and O–H groups in total. The number of carbonyl (C=O) groups is 1. The molecule has 76 valence electrons. The van der Waals surface area contributed by atoms with E-state index < -0.39 is 0 Å². The highest BCUT2D eigenvalue weighted by Gasteiger charge is 2.32. The molecule has 0 saturated carbocycles. The zero-order valence-corrected chi connectivity index (χ0v) is 9.21. The van der Waals surface area contributed by atoms with Crippen LogP contribution in [-0.2, 0) is 4.79 Å². The van der Waals surface area contributed by atoms with Crippen molar-refractivity contribution in [2.24, 2.45) is 11.8 Å². The third-order valence-electron chi connectivity index (χ3n) is 3.46. The molecule has 1 aliphatic heterocycles. The minimum absolute atomic E-state index is 0.202. The maximum atomic E-state index is 11.9. The first-order valence-corrected chi connectivity index (χ1v) is 5.38. The highest BCUT2D eigenvalue weighted by molar-refractivity contribution is 5.79. The smallest absolute Gasteiger partial charge is 0.225 e. The maximum absolute atomic E-state index is 11.9. The number of rotatable bonds is 2. The topological polar surface area (TPSA) is 20.3 Å². The van der Waals surface area contributed by atoms with Crippen LogP contribution in [0.2, 0.25) is 0 Å². The van der Waals surface area contributed by atoms with Crippen molar-refractivity contribution in [2.45, 2.75) is 46.6 Å². The molecule has 0 spiro atoms. The van der Waals surface area contributed by atoms with Crippen LogP contribution in [0.15, 0.2) is 0 Å². The summed E-state index contributed by atoms with van der Waals surface area (Å²) < 4.78 is 0. The molecule has 13 heavy (non-hydrogen) atoms. The van der Waals surface area contributed by atoms with E-state index in [1.807, 2.05) is 6.92 Å². The fourth-order valence-corrected chi connectivity index (χ4v) is 1.86. The van der Waals surface area contributed by atoms with E-state index in [2.05, 4.69) is 25.7 Å². The maximum Gasteiger partial charge on any atom is 0.225 e. The van der Waals surface area contributed by atoms with Crippen LogP contribution in [0.3, 0.4) is 0 Å². The average Bonchev–Trinajstić information content (AvgIpc) is 2.45. The van der Waals surface area contributed by atoms with Gasteiger partial charge in [0.25, 0.3) is 0 Å². The van der Waals surface area contributed by atoms with E-state index in [1.54, 1.807) is 0 Å². The van der Waals surface area contributed by atoms with Gasteiger partial charge in [0.2, 0.25) is 5.91 Å². The summed E-state index contributed by atoms with van der Waals surface area (Å²) in [5.41, 5.74) is 0. The predicted octanol–water partition coefficient (Wildman–Crippen LogP) is 2.29. The molecule has 0 aromatic carbocycles. The lowest BCUT2D eigenvalue weighted by molar-refractivity contribution is -0.135. The Morgan fingerprint density at radius 3 is 2.54 bits per heavy atom. The molecule has 1 aliphatic rings. The highest BCUT2D eigenvalue weighted by atomic mass is 16.2. The first-order chi connectivity index (χ1) is 6.07. The zero-order chi connectivity index (χ0) is 10.0. The summed E-state index contributed by atoms with van der Waals surface area (Å²) in [6.45, 7) is 9.46. The lowest BCUT2D eigenvalue weighted by atomic mass is 10.0. The van der Waals surface area contributed by atoms with Crippen molar-refractivity contribution >= 4 is 5.91 Å². The van der Waals surface area contributed by atoms with E-state index >= 15 is 0 Å². The van der Waals surface area contributed by atoms with Crippen molar-refractivity contribution in [2.75, 3.05) is 6.54 Å². The first kappa shape index (κ1) is 10.6. The normalized spacial score (nSPS) is 30.6. The zero-order valence-electron chi connectivity index (χ0n) is 9.21. The fourth-order valence-electron chi connectivity index (χ4n) is 1.86. The number of likely N-dealkylation sites (tertiary alicyclic amines) is 1. The summed E-state index contributed by atoms with van der Waals surface area (Å²) >= 11 is 0. The van der Waals surface area contributed by atoms with E-state index in [0.29, 0.717) is 17.9 Å². The van der Waals surface area contributed by atoms with Gasteiger partial charge in [0.05, 0.1) is 0 Å². The third kappa shape index (κ3) is 2.04. The largest absolute Gasteiger partial charge is 0.339 e. The Kier molecular flexibility index (Phi) is 3.34. The Bertz CT molecular complexity index is 191. The molecule has 1 saturated heterocycles. The van der Waals surface area contributed by atoms with Crippen LogP contribution < -0.4 is 0 Å². The van der Waals surface area contributed by atoms with Gasteiger partial charge in [-0.25, -0.2) is 0 Å². The molecule has 2 heteroatoms. The van der Waals surface area contributed by atoms with Gasteiger partial charge in [-0.05, 0) is 25.7 Å². The summed E-state index contributed by atoms with van der Waals surface area (Å²) in [6, 6.07) is 0.446. The van der Waals surface area contributed by atoms with Crippen LogP contribution in [-0.4, -0.2) is 23.4 Å². The quantitative estimate of drug-likeness (QED) is 0.643. The van der Waals surface area contributed by atoms with Gasteiger partial charge in [0.1, 0.15) is 0 Å². The van der Waals surface area contributed by atoms with Gasteiger partial charge in [-0.1, -0.05) is 20.8 Å². The minimum atomic E-state index is 0.202. The van der Waals surface area contributed by atoms with Gasteiger partial charge in [-0.2, -0.15) is 0 Å². The van der Waals surface area contributed by atoms with Gasteiger partial charge in [0.15, 0.2) is 0 Å². The third-order valence-corrected chi connectivity index (χ3v) is 3.46. The monoisotopic (exact) mass is 183 g/mol. The van der Waals surface area contributed by atoms with Crippen molar-refractivity contribution in [3.05, 3.63) is 0 Å². The number of nitrogens with zero attached hydrogens (tertiary/aromatic N) is 1. The summed E-state index contributed by atoms with van der Waals surface area (Å²) in [4.78, 5) is 13.9. The Morgan fingerprint density at radius 2 is 2.15 bits per heavy atom. The van der Waals surface area contributed by atoms with Crippen LogP contribution in [0.1, 0.15) is 40.5 Å². The highest BCUT2D eigenvalue weighted by Crippen LogP contribution is 2.25. The number of hydrogen-bond donors (Lipinski definition) is 0. The molecule has 1 rings (SSSR count). The Hall–Kier alpha value is -0.530. The van der Waals surface area contributed by atoms with Crippen LogP contribution >= 0.6 is 0 Å². The number of amides is 1. The summed E-state index contributed by atoms with van der Waals surface area (Å²) in [5, 5.41) is 0. The summed E-state index contributed by atoms with van der Waals surface area (Å²) in [5.74, 6) is 1.22. The molecule has 1 amide bonds. The fraction of sp³-hybridized carbons (Fsp3) is 0.909. The lowest BCUT2D eigenvalue weighted by Crippen LogP contribution is -2.38. The minimum Gasteiger partial charge on any atom is -0.339 e. The van der Waals surface area contributed by atoms with Gasteiger partial charge >= 0.3 is 0 Å². The van der Waals surface area contributed by atoms with Crippen LogP contribution in [0.4, 0.5) is 0 Å². The Morgan fingerprint density at radius 1 is 1.54 bits per heavy atom. The van der Waals surface area contributed by atoms with Crippen molar-refractivity contribution < 1.29 is 4.79 Å². The number of hydrogen-bond acceptors (Lipinski definition) is 1. The first-order valence-electron chi connectivity index (χ1n) is 5.38. The SMILES string of the molecule is CCC(C)C(=O)N1CCC(C)C1C. The van der Waals surface area contributed by atoms with Gasteiger partial charge in [-0.15, -0.1) is 0 Å². The Labute approximate surface area is 81.3 Å². The number of carbonyl (C=O) groups excluding carboxylic acids is 1. The van der Waals surface area contributed by atoms with Crippen LogP contribution in [0.5, 0.6) is 0 Å². The predicted molar refractivity (Wildman–Crippen MR) is 54.4 cm³/mol. The molecule has 0 radical (unpaired) electrons. The summed E-state index contributed by atoms with van der Waals surface area (Å²) in [6.07, 6.45) is 2.12. The molecule has 0 aliphatic carbocycles. The molecule has 3 unspecified atom stereocenters. The van der Waals surface area contributed by atoms with E-state index in [1.165, 1.54) is 6.42 Å². The second-order valence-corrected chi connectivity index (χ2v) is 4.35. The van der Waals surface area contributed by atoms with Gasteiger partial charge < -0.3 is 4.90 Å². The molecule has 0 aromatic rings. The molecule has 0 aromatic heterocycles. The average molecular weight is 183 g/mol. The van der Waals surface area contributed by atoms with Crippen molar-refractivity contribution in [3.63, 3.8) is 0 Å². The van der Waals surface area contributed by atoms with Gasteiger partial charge in [-0.3, -0.25) is 4.79 Å². The molecular weight excluding hydrogens is 162 g/mol. The van der Waals surface area contributed by atoms with E-state index in [9.17, 15) is 4.79 Å². The van der Waals surface area contributed by atoms with Crippen LogP contribution in [0, 0.1) is 11.8 Å². The second-order valence-electron chi connectivity index (χ2n) is 4.35. The summed E-state index contributed by atoms with van der Waals surface area (Å²) in [7, 11) is 0.